The van der Waals surface area contributed by atoms with Gasteiger partial charge in [-0.05, 0) is 18.1 Å². The van der Waals surface area contributed by atoms with E-state index < -0.39 is 16.8 Å². The van der Waals surface area contributed by atoms with Crippen LogP contribution in [0.2, 0.25) is 0 Å². The first kappa shape index (κ1) is 11.9. The van der Waals surface area contributed by atoms with Crippen LogP contribution in [0.3, 0.4) is 0 Å². The highest BCUT2D eigenvalue weighted by Gasteiger charge is 2.39. The van der Waals surface area contributed by atoms with Gasteiger partial charge >= 0.3 is 5.97 Å². The number of rotatable bonds is 2. The van der Waals surface area contributed by atoms with Crippen molar-refractivity contribution in [3.8, 4) is 0 Å². The average Bonchev–Trinajstić information content (AvgIpc) is 2.33. The molecule has 2 rings (SSSR count). The Kier molecular flexibility index (Phi) is 3.07. The van der Waals surface area contributed by atoms with E-state index in [1.165, 1.54) is 0 Å². The first-order valence-electron chi connectivity index (χ1n) is 5.38. The normalized spacial score (nSPS) is 27.6. The van der Waals surface area contributed by atoms with E-state index in [2.05, 4.69) is 0 Å². The zero-order valence-electron chi connectivity index (χ0n) is 9.43. The molecule has 0 heterocycles. The second-order valence-corrected chi connectivity index (χ2v) is 4.78. The lowest BCUT2D eigenvalue weighted by Crippen LogP contribution is -2.35. The standard InChI is InChI=1S/C14H13ClO2/c1-14(13(16)17)8-7-11(9-12(14)15)10-5-3-2-4-6-10/h2-9,12H,1H3,(H,16,17). The zero-order valence-corrected chi connectivity index (χ0v) is 10.2. The quantitative estimate of drug-likeness (QED) is 0.815. The Hall–Kier alpha value is -1.54. The van der Waals surface area contributed by atoms with E-state index in [1.54, 1.807) is 19.1 Å². The molecule has 2 atom stereocenters. The average molecular weight is 249 g/mol. The highest BCUT2D eigenvalue weighted by molar-refractivity contribution is 6.25. The van der Waals surface area contributed by atoms with E-state index in [9.17, 15) is 4.79 Å². The third-order valence-electron chi connectivity index (χ3n) is 3.08. The molecular formula is C14H13ClO2. The number of hydrogen-bond acceptors (Lipinski definition) is 1. The van der Waals surface area contributed by atoms with Crippen LogP contribution in [0.5, 0.6) is 0 Å². The fraction of sp³-hybridized carbons (Fsp3) is 0.214. The second kappa shape index (κ2) is 4.38. The van der Waals surface area contributed by atoms with Crippen molar-refractivity contribution in [2.45, 2.75) is 12.3 Å². The zero-order chi connectivity index (χ0) is 12.5. The van der Waals surface area contributed by atoms with Crippen molar-refractivity contribution in [3.05, 3.63) is 54.1 Å². The number of allylic oxidation sites excluding steroid dienone is 3. The summed E-state index contributed by atoms with van der Waals surface area (Å²) in [5.41, 5.74) is 0.978. The summed E-state index contributed by atoms with van der Waals surface area (Å²) in [6, 6.07) is 9.78. The van der Waals surface area contributed by atoms with Gasteiger partial charge in [0.1, 0.15) is 5.41 Å². The Morgan fingerprint density at radius 2 is 2.00 bits per heavy atom. The summed E-state index contributed by atoms with van der Waals surface area (Å²) < 4.78 is 0. The molecule has 1 aromatic carbocycles. The van der Waals surface area contributed by atoms with Crippen LogP contribution in [0.4, 0.5) is 0 Å². The van der Waals surface area contributed by atoms with E-state index in [-0.39, 0.29) is 0 Å². The Labute approximate surface area is 105 Å². The molecule has 0 aliphatic heterocycles. The molecule has 2 unspecified atom stereocenters. The summed E-state index contributed by atoms with van der Waals surface area (Å²) in [5, 5.41) is 8.62. The molecule has 17 heavy (non-hydrogen) atoms. The van der Waals surface area contributed by atoms with Gasteiger partial charge in [-0.15, -0.1) is 11.6 Å². The van der Waals surface area contributed by atoms with Crippen molar-refractivity contribution in [2.24, 2.45) is 5.41 Å². The Bertz CT molecular complexity index is 490. The molecule has 1 aromatic rings. The Balaban J connectivity index is 2.34. The van der Waals surface area contributed by atoms with Crippen LogP contribution in [0, 0.1) is 5.41 Å². The molecular weight excluding hydrogens is 236 g/mol. The van der Waals surface area contributed by atoms with Gasteiger partial charge in [0.2, 0.25) is 0 Å². The van der Waals surface area contributed by atoms with Gasteiger partial charge in [-0.3, -0.25) is 4.79 Å². The molecule has 88 valence electrons. The number of alkyl halides is 1. The van der Waals surface area contributed by atoms with Crippen molar-refractivity contribution in [1.82, 2.24) is 0 Å². The fourth-order valence-corrected chi connectivity index (χ4v) is 2.06. The lowest BCUT2D eigenvalue weighted by Gasteiger charge is -2.28. The monoisotopic (exact) mass is 248 g/mol. The Morgan fingerprint density at radius 3 is 2.53 bits per heavy atom. The predicted molar refractivity (Wildman–Crippen MR) is 68.9 cm³/mol. The number of carboxylic acid groups (broad SMARTS) is 1. The van der Waals surface area contributed by atoms with E-state index in [4.69, 9.17) is 16.7 Å². The molecule has 0 aromatic heterocycles. The van der Waals surface area contributed by atoms with Crippen LogP contribution >= 0.6 is 11.6 Å². The van der Waals surface area contributed by atoms with Gasteiger partial charge < -0.3 is 5.11 Å². The summed E-state index contributed by atoms with van der Waals surface area (Å²) in [5.74, 6) is -0.905. The maximum absolute atomic E-state index is 11.2. The molecule has 0 bridgehead atoms. The van der Waals surface area contributed by atoms with Crippen LogP contribution in [-0.2, 0) is 4.79 Å². The van der Waals surface area contributed by atoms with Crippen LogP contribution in [0.25, 0.3) is 5.57 Å². The Morgan fingerprint density at radius 1 is 1.35 bits per heavy atom. The summed E-state index contributed by atoms with van der Waals surface area (Å²) in [6.45, 7) is 1.63. The summed E-state index contributed by atoms with van der Waals surface area (Å²) in [6.07, 6.45) is 5.28. The second-order valence-electron chi connectivity index (χ2n) is 4.31. The summed E-state index contributed by atoms with van der Waals surface area (Å²) >= 11 is 6.16. The molecule has 1 N–H and O–H groups in total. The van der Waals surface area contributed by atoms with Crippen molar-refractivity contribution < 1.29 is 9.90 Å². The van der Waals surface area contributed by atoms with Crippen LogP contribution in [0.1, 0.15) is 12.5 Å². The third kappa shape index (κ3) is 2.13. The van der Waals surface area contributed by atoms with Gasteiger partial charge in [0, 0.05) is 0 Å². The molecule has 0 radical (unpaired) electrons. The van der Waals surface area contributed by atoms with Crippen LogP contribution in [0.15, 0.2) is 48.6 Å². The predicted octanol–water partition coefficient (Wildman–Crippen LogP) is 3.34. The molecule has 0 amide bonds. The van der Waals surface area contributed by atoms with E-state index in [1.807, 2.05) is 36.4 Å². The highest BCUT2D eigenvalue weighted by atomic mass is 35.5. The molecule has 0 spiro atoms. The third-order valence-corrected chi connectivity index (χ3v) is 3.66. The number of aliphatic carboxylic acids is 1. The number of benzene rings is 1. The SMILES string of the molecule is CC1(C(=O)O)C=CC(c2ccccc2)=CC1Cl. The van der Waals surface area contributed by atoms with E-state index in [0.717, 1.165) is 11.1 Å². The lowest BCUT2D eigenvalue weighted by atomic mass is 9.80. The van der Waals surface area contributed by atoms with Gasteiger partial charge in [0.05, 0.1) is 5.38 Å². The molecule has 1 aliphatic carbocycles. The highest BCUT2D eigenvalue weighted by Crippen LogP contribution is 2.36. The maximum Gasteiger partial charge on any atom is 0.315 e. The van der Waals surface area contributed by atoms with E-state index >= 15 is 0 Å². The molecule has 3 heteroatoms. The van der Waals surface area contributed by atoms with Crippen LogP contribution < -0.4 is 0 Å². The molecule has 2 nitrogen and oxygen atoms in total. The summed E-state index contributed by atoms with van der Waals surface area (Å²) in [7, 11) is 0. The first-order valence-corrected chi connectivity index (χ1v) is 5.81. The van der Waals surface area contributed by atoms with Gasteiger partial charge in [0.25, 0.3) is 0 Å². The van der Waals surface area contributed by atoms with Crippen molar-refractivity contribution in [2.75, 3.05) is 0 Å². The number of halogens is 1. The minimum atomic E-state index is -1.03. The van der Waals surface area contributed by atoms with Crippen molar-refractivity contribution >= 4 is 23.1 Å². The largest absolute Gasteiger partial charge is 0.481 e. The summed E-state index contributed by atoms with van der Waals surface area (Å²) in [4.78, 5) is 11.2. The van der Waals surface area contributed by atoms with Crippen LogP contribution in [-0.4, -0.2) is 16.5 Å². The topological polar surface area (TPSA) is 37.3 Å². The number of carboxylic acids is 1. The molecule has 0 saturated carbocycles. The minimum Gasteiger partial charge on any atom is -0.481 e. The number of carbonyl (C=O) groups is 1. The molecule has 0 fully saturated rings. The smallest absolute Gasteiger partial charge is 0.315 e. The molecule has 0 saturated heterocycles. The lowest BCUT2D eigenvalue weighted by molar-refractivity contribution is -0.144. The van der Waals surface area contributed by atoms with Gasteiger partial charge in [-0.2, -0.15) is 0 Å². The van der Waals surface area contributed by atoms with Gasteiger partial charge in [-0.25, -0.2) is 0 Å². The first-order chi connectivity index (χ1) is 8.04. The van der Waals surface area contributed by atoms with Gasteiger partial charge in [0.15, 0.2) is 0 Å². The molecule has 1 aliphatic rings. The van der Waals surface area contributed by atoms with Gasteiger partial charge in [-0.1, -0.05) is 48.6 Å². The minimum absolute atomic E-state index is 0.541. The van der Waals surface area contributed by atoms with Crippen molar-refractivity contribution in [1.29, 1.82) is 0 Å². The van der Waals surface area contributed by atoms with E-state index in [0.29, 0.717) is 0 Å². The maximum atomic E-state index is 11.2. The number of hydrogen-bond donors (Lipinski definition) is 1. The van der Waals surface area contributed by atoms with Crippen molar-refractivity contribution in [3.63, 3.8) is 0 Å². The fourth-order valence-electron chi connectivity index (χ4n) is 1.75.